The zero-order chi connectivity index (χ0) is 14.7. The van der Waals surface area contributed by atoms with E-state index >= 15 is 0 Å². The molecule has 2 aromatic rings. The molecule has 21 heavy (non-hydrogen) atoms. The third-order valence-electron chi connectivity index (χ3n) is 3.96. The minimum atomic E-state index is 0.250. The van der Waals surface area contributed by atoms with Crippen LogP contribution in [0.3, 0.4) is 0 Å². The summed E-state index contributed by atoms with van der Waals surface area (Å²) in [6, 6.07) is 10.1. The van der Waals surface area contributed by atoms with E-state index in [9.17, 15) is 4.79 Å². The zero-order valence-corrected chi connectivity index (χ0v) is 13.1. The number of carbonyl (C=O) groups excluding carboxylic acids is 1. The first-order valence-corrected chi connectivity index (χ1v) is 8.47. The summed E-state index contributed by atoms with van der Waals surface area (Å²) in [7, 11) is 0. The number of hydrogen-bond donors (Lipinski definition) is 0. The largest absolute Gasteiger partial charge is 0.342 e. The third kappa shape index (κ3) is 3.38. The molecule has 0 spiro atoms. The van der Waals surface area contributed by atoms with Gasteiger partial charge in [-0.15, -0.1) is 11.8 Å². The van der Waals surface area contributed by atoms with Gasteiger partial charge in [-0.3, -0.25) is 9.78 Å². The van der Waals surface area contributed by atoms with Crippen LogP contribution in [0.4, 0.5) is 0 Å². The SMILES string of the molecule is CC1CCCN(C(=O)CSc2cccc3cccnc23)C1. The molecule has 1 unspecified atom stereocenters. The summed E-state index contributed by atoms with van der Waals surface area (Å²) >= 11 is 1.60. The van der Waals surface area contributed by atoms with Gasteiger partial charge in [-0.25, -0.2) is 0 Å². The van der Waals surface area contributed by atoms with Gasteiger partial charge >= 0.3 is 0 Å². The molecule has 1 aromatic heterocycles. The number of aromatic nitrogens is 1. The summed E-state index contributed by atoms with van der Waals surface area (Å²) in [5, 5.41) is 1.13. The standard InChI is InChI=1S/C17H20N2OS/c1-13-5-4-10-19(11-13)16(20)12-21-15-8-2-6-14-7-3-9-18-17(14)15/h2-3,6-9,13H,4-5,10-12H2,1H3. The summed E-state index contributed by atoms with van der Waals surface area (Å²) in [4.78, 5) is 19.9. The Kier molecular flexibility index (Phi) is 4.44. The Bertz CT molecular complexity index is 638. The molecule has 1 aliphatic rings. The average Bonchev–Trinajstić information content (AvgIpc) is 2.52. The van der Waals surface area contributed by atoms with Crippen molar-refractivity contribution in [3.05, 3.63) is 36.5 Å². The molecular weight excluding hydrogens is 280 g/mol. The maximum atomic E-state index is 12.3. The second-order valence-corrected chi connectivity index (χ2v) is 6.72. The average molecular weight is 300 g/mol. The van der Waals surface area contributed by atoms with Gasteiger partial charge in [-0.2, -0.15) is 0 Å². The Morgan fingerprint density at radius 3 is 3.10 bits per heavy atom. The number of nitrogens with zero attached hydrogens (tertiary/aromatic N) is 2. The van der Waals surface area contributed by atoms with Gasteiger partial charge in [0.05, 0.1) is 11.3 Å². The highest BCUT2D eigenvalue weighted by Crippen LogP contribution is 2.27. The first kappa shape index (κ1) is 14.4. The van der Waals surface area contributed by atoms with Crippen molar-refractivity contribution in [3.63, 3.8) is 0 Å². The van der Waals surface area contributed by atoms with E-state index in [1.54, 1.807) is 18.0 Å². The van der Waals surface area contributed by atoms with Gasteiger partial charge in [0.25, 0.3) is 0 Å². The molecule has 1 atom stereocenters. The van der Waals surface area contributed by atoms with E-state index in [1.165, 1.54) is 6.42 Å². The van der Waals surface area contributed by atoms with Crippen molar-refractivity contribution in [2.45, 2.75) is 24.7 Å². The van der Waals surface area contributed by atoms with Gasteiger partial charge < -0.3 is 4.90 Å². The Labute approximate surface area is 129 Å². The van der Waals surface area contributed by atoms with E-state index in [0.717, 1.165) is 35.3 Å². The number of piperidine rings is 1. The van der Waals surface area contributed by atoms with Crippen molar-refractivity contribution in [3.8, 4) is 0 Å². The summed E-state index contributed by atoms with van der Waals surface area (Å²) in [5.74, 6) is 1.38. The lowest BCUT2D eigenvalue weighted by atomic mass is 10.0. The van der Waals surface area contributed by atoms with Gasteiger partial charge in [0, 0.05) is 29.6 Å². The highest BCUT2D eigenvalue weighted by atomic mass is 32.2. The van der Waals surface area contributed by atoms with Gasteiger partial charge in [-0.05, 0) is 30.9 Å². The number of thioether (sulfide) groups is 1. The fourth-order valence-electron chi connectivity index (χ4n) is 2.84. The first-order chi connectivity index (χ1) is 10.2. The number of rotatable bonds is 3. The number of benzene rings is 1. The maximum absolute atomic E-state index is 12.3. The van der Waals surface area contributed by atoms with Crippen LogP contribution in [0.15, 0.2) is 41.4 Å². The van der Waals surface area contributed by atoms with E-state index in [2.05, 4.69) is 24.0 Å². The second kappa shape index (κ2) is 6.48. The van der Waals surface area contributed by atoms with Crippen molar-refractivity contribution in [2.75, 3.05) is 18.8 Å². The van der Waals surface area contributed by atoms with Gasteiger partial charge in [-0.1, -0.05) is 25.1 Å². The number of amides is 1. The van der Waals surface area contributed by atoms with Crippen LogP contribution in [0.2, 0.25) is 0 Å². The number of likely N-dealkylation sites (tertiary alicyclic amines) is 1. The van der Waals surface area contributed by atoms with E-state index in [4.69, 9.17) is 0 Å². The Hall–Kier alpha value is -1.55. The highest BCUT2D eigenvalue weighted by Gasteiger charge is 2.20. The molecular formula is C17H20N2OS. The number of fused-ring (bicyclic) bond motifs is 1. The summed E-state index contributed by atoms with van der Waals surface area (Å²) < 4.78 is 0. The minimum Gasteiger partial charge on any atom is -0.342 e. The molecule has 1 aromatic carbocycles. The number of carbonyl (C=O) groups is 1. The fraction of sp³-hybridized carbons (Fsp3) is 0.412. The molecule has 1 saturated heterocycles. The highest BCUT2D eigenvalue weighted by molar-refractivity contribution is 8.00. The van der Waals surface area contributed by atoms with Crippen LogP contribution >= 0.6 is 11.8 Å². The molecule has 3 nitrogen and oxygen atoms in total. The predicted molar refractivity (Wildman–Crippen MR) is 87.4 cm³/mol. The number of hydrogen-bond acceptors (Lipinski definition) is 3. The molecule has 0 aliphatic carbocycles. The van der Waals surface area contributed by atoms with E-state index in [0.29, 0.717) is 11.7 Å². The Morgan fingerprint density at radius 2 is 2.24 bits per heavy atom. The van der Waals surface area contributed by atoms with Crippen molar-refractivity contribution in [1.29, 1.82) is 0 Å². The molecule has 1 aliphatic heterocycles. The van der Waals surface area contributed by atoms with Crippen molar-refractivity contribution >= 4 is 28.6 Å². The van der Waals surface area contributed by atoms with Crippen LogP contribution in [0.1, 0.15) is 19.8 Å². The quantitative estimate of drug-likeness (QED) is 0.812. The van der Waals surface area contributed by atoms with Crippen LogP contribution < -0.4 is 0 Å². The molecule has 0 N–H and O–H groups in total. The summed E-state index contributed by atoms with van der Waals surface area (Å²) in [6.07, 6.45) is 4.18. The van der Waals surface area contributed by atoms with Crippen molar-refractivity contribution in [2.24, 2.45) is 5.92 Å². The summed E-state index contributed by atoms with van der Waals surface area (Å²) in [5.41, 5.74) is 0.991. The molecule has 1 fully saturated rings. The van der Waals surface area contributed by atoms with Crippen LogP contribution in [-0.4, -0.2) is 34.6 Å². The van der Waals surface area contributed by atoms with Crippen LogP contribution in [-0.2, 0) is 4.79 Å². The molecule has 0 bridgehead atoms. The smallest absolute Gasteiger partial charge is 0.232 e. The van der Waals surface area contributed by atoms with Crippen molar-refractivity contribution in [1.82, 2.24) is 9.88 Å². The Morgan fingerprint density at radius 1 is 1.38 bits per heavy atom. The van der Waals surface area contributed by atoms with Gasteiger partial charge in [0.15, 0.2) is 0 Å². The molecule has 3 rings (SSSR count). The number of pyridine rings is 1. The second-order valence-electron chi connectivity index (χ2n) is 5.71. The normalized spacial score (nSPS) is 18.9. The molecule has 0 radical (unpaired) electrons. The lowest BCUT2D eigenvalue weighted by Gasteiger charge is -2.30. The van der Waals surface area contributed by atoms with Crippen LogP contribution in [0, 0.1) is 5.92 Å². The predicted octanol–water partition coefficient (Wildman–Crippen LogP) is 3.59. The van der Waals surface area contributed by atoms with E-state index < -0.39 is 0 Å². The lowest BCUT2D eigenvalue weighted by molar-refractivity contribution is -0.130. The van der Waals surface area contributed by atoms with Crippen molar-refractivity contribution < 1.29 is 4.79 Å². The topological polar surface area (TPSA) is 33.2 Å². The van der Waals surface area contributed by atoms with E-state index in [1.807, 2.05) is 23.1 Å². The molecule has 110 valence electrons. The van der Waals surface area contributed by atoms with Gasteiger partial charge in [0.1, 0.15) is 0 Å². The monoisotopic (exact) mass is 300 g/mol. The first-order valence-electron chi connectivity index (χ1n) is 7.48. The lowest BCUT2D eigenvalue weighted by Crippen LogP contribution is -2.40. The Balaban J connectivity index is 1.67. The van der Waals surface area contributed by atoms with Crippen LogP contribution in [0.5, 0.6) is 0 Å². The zero-order valence-electron chi connectivity index (χ0n) is 12.3. The molecule has 1 amide bonds. The maximum Gasteiger partial charge on any atom is 0.232 e. The molecule has 0 saturated carbocycles. The molecule has 2 heterocycles. The van der Waals surface area contributed by atoms with Gasteiger partial charge in [0.2, 0.25) is 5.91 Å². The molecule has 4 heteroatoms. The summed E-state index contributed by atoms with van der Waals surface area (Å²) in [6.45, 7) is 4.05. The third-order valence-corrected chi connectivity index (χ3v) is 4.99. The van der Waals surface area contributed by atoms with Crippen LogP contribution in [0.25, 0.3) is 10.9 Å². The minimum absolute atomic E-state index is 0.250. The number of para-hydroxylation sites is 1. The fourth-order valence-corrected chi connectivity index (χ4v) is 3.78. The van der Waals surface area contributed by atoms with E-state index in [-0.39, 0.29) is 5.91 Å².